The van der Waals surface area contributed by atoms with E-state index >= 15 is 0 Å². The minimum Gasteiger partial charge on any atom is -0.368 e. The van der Waals surface area contributed by atoms with Gasteiger partial charge < -0.3 is 14.7 Å². The molecular weight excluding hydrogens is 445 g/mol. The fourth-order valence-corrected chi connectivity index (χ4v) is 5.21. The zero-order valence-electron chi connectivity index (χ0n) is 16.4. The normalized spacial score (nSPS) is 19.8. The Hall–Kier alpha value is -1.04. The first-order chi connectivity index (χ1) is 14.0. The van der Waals surface area contributed by atoms with Crippen LogP contribution in [0.3, 0.4) is 0 Å². The van der Waals surface area contributed by atoms with Crippen molar-refractivity contribution < 1.29 is 0 Å². The van der Waals surface area contributed by atoms with Gasteiger partial charge in [-0.2, -0.15) is 0 Å². The van der Waals surface area contributed by atoms with Gasteiger partial charge in [-0.25, -0.2) is 0 Å². The van der Waals surface area contributed by atoms with Crippen LogP contribution in [-0.2, 0) is 0 Å². The van der Waals surface area contributed by atoms with E-state index in [1.165, 1.54) is 16.2 Å². The van der Waals surface area contributed by atoms with E-state index in [-0.39, 0.29) is 0 Å². The number of rotatable bonds is 3. The molecule has 29 heavy (non-hydrogen) atoms. The summed E-state index contributed by atoms with van der Waals surface area (Å²) in [5, 5.41) is 1.98. The first-order valence-electron chi connectivity index (χ1n) is 9.76. The number of likely N-dealkylation sites (N-methyl/N-ethyl adjacent to an activating group) is 1. The van der Waals surface area contributed by atoms with Gasteiger partial charge in [0.2, 0.25) is 0 Å². The summed E-state index contributed by atoms with van der Waals surface area (Å²) in [5.74, 6) is 1.05. The molecule has 4 rings (SSSR count). The maximum absolute atomic E-state index is 6.34. The maximum Gasteiger partial charge on any atom is 0.0612 e. The van der Waals surface area contributed by atoms with Crippen molar-refractivity contribution in [3.63, 3.8) is 0 Å². The lowest BCUT2D eigenvalue weighted by atomic mass is 10.1. The van der Waals surface area contributed by atoms with Gasteiger partial charge in [0.1, 0.15) is 0 Å². The van der Waals surface area contributed by atoms with Crippen molar-refractivity contribution in [1.29, 1.82) is 0 Å². The van der Waals surface area contributed by atoms with Gasteiger partial charge >= 0.3 is 0 Å². The molecule has 0 aromatic heterocycles. The van der Waals surface area contributed by atoms with Gasteiger partial charge in [0.15, 0.2) is 0 Å². The summed E-state index contributed by atoms with van der Waals surface area (Å²) in [4.78, 5) is 8.52. The van der Waals surface area contributed by atoms with Crippen LogP contribution in [0.25, 0.3) is 6.08 Å². The molecule has 0 N–H and O–H groups in total. The molecule has 2 saturated heterocycles. The summed E-state index contributed by atoms with van der Waals surface area (Å²) in [6, 6.07) is 12.1. The molecule has 154 valence electrons. The van der Waals surface area contributed by atoms with Gasteiger partial charge in [-0.05, 0) is 49.0 Å². The first-order valence-corrected chi connectivity index (χ1v) is 11.9. The van der Waals surface area contributed by atoms with Crippen molar-refractivity contribution in [2.24, 2.45) is 0 Å². The molecule has 2 aliphatic rings. The van der Waals surface area contributed by atoms with E-state index in [1.54, 1.807) is 0 Å². The Morgan fingerprint density at radius 1 is 0.862 bits per heavy atom. The molecular formula is C22H24Cl3N3S. The minimum atomic E-state index is 0.593. The topological polar surface area (TPSA) is 9.72 Å². The second-order valence-electron chi connectivity index (χ2n) is 7.47. The van der Waals surface area contributed by atoms with Gasteiger partial charge in [-0.15, -0.1) is 11.8 Å². The van der Waals surface area contributed by atoms with Crippen LogP contribution < -0.4 is 9.80 Å². The molecule has 3 nitrogen and oxygen atoms in total. The summed E-state index contributed by atoms with van der Waals surface area (Å²) in [7, 11) is 2.18. The van der Waals surface area contributed by atoms with Crippen LogP contribution in [0.5, 0.6) is 0 Å². The maximum atomic E-state index is 6.34. The minimum absolute atomic E-state index is 0.593. The molecule has 2 aromatic carbocycles. The van der Waals surface area contributed by atoms with Crippen LogP contribution in [0, 0.1) is 0 Å². The van der Waals surface area contributed by atoms with Crippen LogP contribution in [0.2, 0.25) is 15.1 Å². The van der Waals surface area contributed by atoms with Gasteiger partial charge in [0.05, 0.1) is 10.0 Å². The Labute approximate surface area is 192 Å². The summed E-state index contributed by atoms with van der Waals surface area (Å²) >= 11 is 20.6. The highest BCUT2D eigenvalue weighted by atomic mass is 35.5. The molecule has 2 aromatic rings. The third-order valence-electron chi connectivity index (χ3n) is 5.42. The molecule has 2 aliphatic heterocycles. The Kier molecular flexibility index (Phi) is 6.87. The van der Waals surface area contributed by atoms with Crippen molar-refractivity contribution in [3.05, 3.63) is 61.9 Å². The molecule has 0 radical (unpaired) electrons. The second-order valence-corrected chi connectivity index (χ2v) is 9.94. The Morgan fingerprint density at radius 2 is 1.66 bits per heavy atom. The highest BCUT2D eigenvalue weighted by Crippen LogP contribution is 2.34. The molecule has 0 saturated carbocycles. The van der Waals surface area contributed by atoms with Crippen molar-refractivity contribution >= 4 is 64.0 Å². The second kappa shape index (κ2) is 9.40. The van der Waals surface area contributed by atoms with Gasteiger partial charge in [0.25, 0.3) is 0 Å². The zero-order chi connectivity index (χ0) is 20.4. The Bertz CT molecular complexity index is 910. The molecule has 0 spiro atoms. The Balaban J connectivity index is 1.57. The van der Waals surface area contributed by atoms with E-state index < -0.39 is 0 Å². The number of benzene rings is 2. The summed E-state index contributed by atoms with van der Waals surface area (Å²) in [5.41, 5.74) is 3.57. The van der Waals surface area contributed by atoms with Crippen molar-refractivity contribution in [1.82, 2.24) is 4.90 Å². The van der Waals surface area contributed by atoms with E-state index in [0.29, 0.717) is 10.0 Å². The molecule has 2 heterocycles. The highest BCUT2D eigenvalue weighted by Gasteiger charge is 2.19. The summed E-state index contributed by atoms with van der Waals surface area (Å²) < 4.78 is 0. The third kappa shape index (κ3) is 5.18. The number of halogens is 3. The van der Waals surface area contributed by atoms with Gasteiger partial charge in [-0.3, -0.25) is 0 Å². The summed E-state index contributed by atoms with van der Waals surface area (Å²) in [6.07, 6.45) is 2.32. The van der Waals surface area contributed by atoms with Gasteiger partial charge in [-0.1, -0.05) is 40.9 Å². The fourth-order valence-electron chi connectivity index (χ4n) is 3.72. The lowest BCUT2D eigenvalue weighted by molar-refractivity contribution is 0.313. The average Bonchev–Trinajstić information content (AvgIpc) is 2.72. The number of piperazine rings is 1. The summed E-state index contributed by atoms with van der Waals surface area (Å²) in [6.45, 7) is 6.05. The lowest BCUT2D eigenvalue weighted by Gasteiger charge is -2.35. The SMILES string of the molecule is CN1CCN(c2cc(Cl)ccc2C=C2CN(c3ccc(Cl)c(Cl)c3)CCS2)CC1. The fraction of sp³-hybridized carbons (Fsp3) is 0.364. The molecule has 0 amide bonds. The number of nitrogens with zero attached hydrogens (tertiary/aromatic N) is 3. The Morgan fingerprint density at radius 3 is 2.41 bits per heavy atom. The van der Waals surface area contributed by atoms with E-state index in [0.717, 1.165) is 55.7 Å². The van der Waals surface area contributed by atoms with Crippen molar-refractivity contribution in [2.45, 2.75) is 0 Å². The van der Waals surface area contributed by atoms with Crippen molar-refractivity contribution in [3.8, 4) is 0 Å². The molecule has 0 atom stereocenters. The van der Waals surface area contributed by atoms with Crippen LogP contribution in [0.15, 0.2) is 41.3 Å². The quantitative estimate of drug-likeness (QED) is 0.547. The third-order valence-corrected chi connectivity index (χ3v) is 7.40. The molecule has 7 heteroatoms. The predicted octanol–water partition coefficient (Wildman–Crippen LogP) is 5.99. The van der Waals surface area contributed by atoms with Crippen LogP contribution >= 0.6 is 46.6 Å². The number of thioether (sulfide) groups is 1. The lowest BCUT2D eigenvalue weighted by Crippen LogP contribution is -2.44. The van der Waals surface area contributed by atoms with Crippen molar-refractivity contribution in [2.75, 3.05) is 61.9 Å². The van der Waals surface area contributed by atoms with E-state index in [2.05, 4.69) is 40.0 Å². The zero-order valence-corrected chi connectivity index (χ0v) is 19.5. The molecule has 0 aliphatic carbocycles. The van der Waals surface area contributed by atoms with E-state index in [4.69, 9.17) is 34.8 Å². The first kappa shape index (κ1) is 21.2. The van der Waals surface area contributed by atoms with E-state index in [1.807, 2.05) is 36.0 Å². The average molecular weight is 469 g/mol. The predicted molar refractivity (Wildman–Crippen MR) is 130 cm³/mol. The van der Waals surface area contributed by atoms with Crippen LogP contribution in [0.4, 0.5) is 11.4 Å². The highest BCUT2D eigenvalue weighted by molar-refractivity contribution is 8.03. The monoisotopic (exact) mass is 467 g/mol. The largest absolute Gasteiger partial charge is 0.368 e. The number of hydrogen-bond donors (Lipinski definition) is 0. The van der Waals surface area contributed by atoms with Crippen LogP contribution in [-0.4, -0.2) is 57.0 Å². The molecule has 2 fully saturated rings. The standard InChI is InChI=1S/C22H24Cl3N3S/c1-26-6-8-27(9-7-26)22-13-17(23)3-2-16(22)12-19-15-28(10-11-29-19)18-4-5-20(24)21(25)14-18/h2-5,12-14H,6-11,15H2,1H3. The van der Waals surface area contributed by atoms with E-state index in [9.17, 15) is 0 Å². The van der Waals surface area contributed by atoms with Crippen LogP contribution in [0.1, 0.15) is 5.56 Å². The molecule has 0 unspecified atom stereocenters. The molecule has 0 bridgehead atoms. The number of hydrogen-bond acceptors (Lipinski definition) is 4. The smallest absolute Gasteiger partial charge is 0.0612 e. The number of anilines is 2. The van der Waals surface area contributed by atoms with Gasteiger partial charge in [0, 0.05) is 66.3 Å².